The van der Waals surface area contributed by atoms with Gasteiger partial charge in [-0.05, 0) is 6.92 Å². The number of amides is 1. The Morgan fingerprint density at radius 2 is 2.35 bits per heavy atom. The summed E-state index contributed by atoms with van der Waals surface area (Å²) in [4.78, 5) is 17.9. The predicted molar refractivity (Wildman–Crippen MR) is 66.1 cm³/mol. The molecule has 6 nitrogen and oxygen atoms in total. The van der Waals surface area contributed by atoms with Crippen molar-refractivity contribution >= 4 is 22.4 Å². The third-order valence-corrected chi connectivity index (χ3v) is 3.17. The van der Waals surface area contributed by atoms with Crippen LogP contribution in [0, 0.1) is 6.92 Å². The Morgan fingerprint density at radius 1 is 1.71 bits per heavy atom. The Kier molecular flexibility index (Phi) is 4.86. The Balaban J connectivity index is 2.66. The quantitative estimate of drug-likeness (QED) is 0.783. The lowest BCUT2D eigenvalue weighted by molar-refractivity contribution is 0.0382. The van der Waals surface area contributed by atoms with Gasteiger partial charge in [0.15, 0.2) is 5.13 Å². The molecule has 7 heteroatoms. The molecule has 0 bridgehead atoms. The number of hydrogen-bond donors (Lipinski definition) is 2. The van der Waals surface area contributed by atoms with Crippen molar-refractivity contribution in [3.63, 3.8) is 0 Å². The molecule has 0 spiro atoms. The number of methoxy groups -OCH3 is 1. The molecule has 1 rings (SSSR count). The van der Waals surface area contributed by atoms with Gasteiger partial charge in [-0.15, -0.1) is 0 Å². The number of thiazole rings is 1. The first kappa shape index (κ1) is 13.9. The number of nitrogen functional groups attached to an aromatic ring is 1. The van der Waals surface area contributed by atoms with E-state index in [1.54, 1.807) is 14.0 Å². The molecular formula is C10H17N3O3S. The molecule has 0 fully saturated rings. The van der Waals surface area contributed by atoms with Gasteiger partial charge in [0.1, 0.15) is 4.88 Å². The van der Waals surface area contributed by atoms with Crippen molar-refractivity contribution in [2.75, 3.05) is 33.0 Å². The van der Waals surface area contributed by atoms with Gasteiger partial charge < -0.3 is 20.5 Å². The molecule has 0 aliphatic rings. The number of ether oxygens (including phenoxy) is 1. The fraction of sp³-hybridized carbons (Fsp3) is 0.600. The van der Waals surface area contributed by atoms with Crippen molar-refractivity contribution in [2.24, 2.45) is 0 Å². The van der Waals surface area contributed by atoms with Crippen molar-refractivity contribution in [3.8, 4) is 0 Å². The summed E-state index contributed by atoms with van der Waals surface area (Å²) in [5.74, 6) is -0.188. The van der Waals surface area contributed by atoms with Gasteiger partial charge in [0.2, 0.25) is 0 Å². The van der Waals surface area contributed by atoms with Crippen molar-refractivity contribution in [3.05, 3.63) is 10.6 Å². The maximum absolute atomic E-state index is 12.0. The van der Waals surface area contributed by atoms with Crippen LogP contribution in [0.1, 0.15) is 15.4 Å². The Labute approximate surface area is 104 Å². The second-order valence-corrected chi connectivity index (χ2v) is 4.79. The van der Waals surface area contributed by atoms with Gasteiger partial charge in [0.05, 0.1) is 18.4 Å². The van der Waals surface area contributed by atoms with Crippen LogP contribution >= 0.6 is 11.3 Å². The molecule has 0 saturated carbocycles. The number of hydrogen-bond acceptors (Lipinski definition) is 6. The van der Waals surface area contributed by atoms with Crippen LogP contribution in [0.15, 0.2) is 0 Å². The van der Waals surface area contributed by atoms with Gasteiger partial charge in [-0.25, -0.2) is 4.98 Å². The molecule has 0 aromatic carbocycles. The van der Waals surface area contributed by atoms with Crippen molar-refractivity contribution in [1.82, 2.24) is 9.88 Å². The van der Waals surface area contributed by atoms with E-state index in [0.29, 0.717) is 15.7 Å². The molecule has 0 aliphatic carbocycles. The van der Waals surface area contributed by atoms with Crippen molar-refractivity contribution in [2.45, 2.75) is 13.0 Å². The minimum atomic E-state index is -0.695. The monoisotopic (exact) mass is 259 g/mol. The number of nitrogens with zero attached hydrogens (tertiary/aromatic N) is 2. The molecule has 0 radical (unpaired) electrons. The molecule has 1 atom stereocenters. The summed E-state index contributed by atoms with van der Waals surface area (Å²) >= 11 is 1.15. The summed E-state index contributed by atoms with van der Waals surface area (Å²) in [5.41, 5.74) is 6.15. The smallest absolute Gasteiger partial charge is 0.265 e. The number of aliphatic hydroxyl groups excluding tert-OH is 1. The lowest BCUT2D eigenvalue weighted by atomic mass is 10.3. The number of likely N-dealkylation sites (N-methyl/N-ethyl adjacent to an activating group) is 1. The number of aryl methyl sites for hydroxylation is 1. The van der Waals surface area contributed by atoms with Crippen LogP contribution in [-0.4, -0.2) is 54.3 Å². The number of aliphatic hydroxyl groups is 1. The number of carbonyl (C=O) groups is 1. The summed E-state index contributed by atoms with van der Waals surface area (Å²) in [6, 6.07) is 0. The standard InChI is InChI=1S/C10H17N3O3S/c1-6-8(17-10(11)12-6)9(15)13(2)4-7(14)5-16-3/h7,14H,4-5H2,1-3H3,(H2,11,12). The van der Waals surface area contributed by atoms with Crippen molar-refractivity contribution in [1.29, 1.82) is 0 Å². The highest BCUT2D eigenvalue weighted by Gasteiger charge is 2.20. The van der Waals surface area contributed by atoms with E-state index in [2.05, 4.69) is 4.98 Å². The first-order valence-electron chi connectivity index (χ1n) is 5.11. The molecular weight excluding hydrogens is 242 g/mol. The normalized spacial score (nSPS) is 12.5. The molecule has 1 aromatic heterocycles. The first-order valence-corrected chi connectivity index (χ1v) is 5.92. The maximum atomic E-state index is 12.0. The van der Waals surface area contributed by atoms with Crippen LogP contribution in [0.4, 0.5) is 5.13 Å². The fourth-order valence-corrected chi connectivity index (χ4v) is 2.26. The van der Waals surface area contributed by atoms with Gasteiger partial charge in [0.25, 0.3) is 5.91 Å². The Bertz CT molecular complexity index is 394. The molecule has 1 unspecified atom stereocenters. The van der Waals surface area contributed by atoms with Crippen LogP contribution in [0.5, 0.6) is 0 Å². The van der Waals surface area contributed by atoms with Gasteiger partial charge in [-0.2, -0.15) is 0 Å². The summed E-state index contributed by atoms with van der Waals surface area (Å²) in [5, 5.41) is 9.91. The van der Waals surface area contributed by atoms with Gasteiger partial charge >= 0.3 is 0 Å². The van der Waals surface area contributed by atoms with Crippen LogP contribution in [0.2, 0.25) is 0 Å². The Hall–Kier alpha value is -1.18. The van der Waals surface area contributed by atoms with Crippen LogP contribution in [-0.2, 0) is 4.74 Å². The molecule has 1 heterocycles. The average Bonchev–Trinajstić information content (AvgIpc) is 2.56. The number of carbonyl (C=O) groups excluding carboxylic acids is 1. The lowest BCUT2D eigenvalue weighted by Crippen LogP contribution is -2.36. The summed E-state index contributed by atoms with van der Waals surface area (Å²) < 4.78 is 4.80. The highest BCUT2D eigenvalue weighted by Crippen LogP contribution is 2.21. The zero-order chi connectivity index (χ0) is 13.0. The summed E-state index contributed by atoms with van der Waals surface area (Å²) in [6.45, 7) is 2.14. The van der Waals surface area contributed by atoms with E-state index in [9.17, 15) is 9.90 Å². The van der Waals surface area contributed by atoms with E-state index in [0.717, 1.165) is 11.3 Å². The van der Waals surface area contributed by atoms with Gasteiger partial charge in [-0.1, -0.05) is 11.3 Å². The minimum absolute atomic E-state index is 0.188. The summed E-state index contributed by atoms with van der Waals surface area (Å²) in [7, 11) is 3.12. The predicted octanol–water partition coefficient (Wildman–Crippen LogP) is 0.113. The van der Waals surface area contributed by atoms with E-state index in [1.165, 1.54) is 12.0 Å². The van der Waals surface area contributed by atoms with Crippen LogP contribution in [0.25, 0.3) is 0 Å². The second kappa shape index (κ2) is 5.95. The zero-order valence-electron chi connectivity index (χ0n) is 10.1. The molecule has 1 amide bonds. The number of rotatable bonds is 5. The maximum Gasteiger partial charge on any atom is 0.265 e. The SMILES string of the molecule is COCC(O)CN(C)C(=O)c1sc(N)nc1C. The van der Waals surface area contributed by atoms with Crippen LogP contribution < -0.4 is 5.73 Å². The molecule has 0 saturated heterocycles. The molecule has 17 heavy (non-hydrogen) atoms. The molecule has 0 aliphatic heterocycles. The first-order chi connectivity index (χ1) is 7.95. The van der Waals surface area contributed by atoms with Gasteiger partial charge in [0, 0.05) is 20.7 Å². The Morgan fingerprint density at radius 3 is 2.82 bits per heavy atom. The number of anilines is 1. The molecule has 1 aromatic rings. The molecule has 96 valence electrons. The van der Waals surface area contributed by atoms with Crippen molar-refractivity contribution < 1.29 is 14.6 Å². The third kappa shape index (κ3) is 3.65. The third-order valence-electron chi connectivity index (χ3n) is 2.20. The number of aromatic nitrogens is 1. The van der Waals surface area contributed by atoms with E-state index in [-0.39, 0.29) is 19.1 Å². The summed E-state index contributed by atoms with van der Waals surface area (Å²) in [6.07, 6.45) is -0.695. The lowest BCUT2D eigenvalue weighted by Gasteiger charge is -2.19. The number of nitrogens with two attached hydrogens (primary N) is 1. The van der Waals surface area contributed by atoms with E-state index < -0.39 is 6.10 Å². The second-order valence-electron chi connectivity index (χ2n) is 3.76. The highest BCUT2D eigenvalue weighted by molar-refractivity contribution is 7.17. The average molecular weight is 259 g/mol. The highest BCUT2D eigenvalue weighted by atomic mass is 32.1. The minimum Gasteiger partial charge on any atom is -0.389 e. The fourth-order valence-electron chi connectivity index (χ4n) is 1.43. The topological polar surface area (TPSA) is 88.7 Å². The van der Waals surface area contributed by atoms with E-state index in [1.807, 2.05) is 0 Å². The van der Waals surface area contributed by atoms with Crippen LogP contribution in [0.3, 0.4) is 0 Å². The van der Waals surface area contributed by atoms with E-state index >= 15 is 0 Å². The zero-order valence-corrected chi connectivity index (χ0v) is 11.0. The van der Waals surface area contributed by atoms with E-state index in [4.69, 9.17) is 10.5 Å². The largest absolute Gasteiger partial charge is 0.389 e. The van der Waals surface area contributed by atoms with Gasteiger partial charge in [-0.3, -0.25) is 4.79 Å². The molecule has 3 N–H and O–H groups in total.